The molecule has 3 rings (SSSR count). The van der Waals surface area contributed by atoms with Gasteiger partial charge in [-0.15, -0.1) is 0 Å². The summed E-state index contributed by atoms with van der Waals surface area (Å²) < 4.78 is 11.2. The molecule has 0 spiro atoms. The SMILES string of the molecule is COc1cc2cc(C(=O)NO)cnc2cc1Oc1ccc(Cl)cc1. The second kappa shape index (κ2) is 6.74. The molecule has 6 nitrogen and oxygen atoms in total. The van der Waals surface area contributed by atoms with E-state index >= 15 is 0 Å². The highest BCUT2D eigenvalue weighted by molar-refractivity contribution is 6.30. The topological polar surface area (TPSA) is 80.7 Å². The molecule has 0 atom stereocenters. The van der Waals surface area contributed by atoms with Crippen molar-refractivity contribution in [2.24, 2.45) is 0 Å². The van der Waals surface area contributed by atoms with Crippen molar-refractivity contribution in [2.45, 2.75) is 0 Å². The second-order valence-electron chi connectivity index (χ2n) is 4.92. The predicted molar refractivity (Wildman–Crippen MR) is 89.1 cm³/mol. The van der Waals surface area contributed by atoms with Crippen molar-refractivity contribution in [2.75, 3.05) is 7.11 Å². The van der Waals surface area contributed by atoms with Gasteiger partial charge < -0.3 is 9.47 Å². The molecule has 1 heterocycles. The summed E-state index contributed by atoms with van der Waals surface area (Å²) in [7, 11) is 1.52. The summed E-state index contributed by atoms with van der Waals surface area (Å²) >= 11 is 5.86. The molecule has 0 fully saturated rings. The van der Waals surface area contributed by atoms with Crippen molar-refractivity contribution in [1.29, 1.82) is 0 Å². The zero-order valence-corrected chi connectivity index (χ0v) is 13.4. The lowest BCUT2D eigenvalue weighted by Crippen LogP contribution is -2.18. The Labute approximate surface area is 142 Å². The number of benzene rings is 2. The van der Waals surface area contributed by atoms with E-state index < -0.39 is 5.91 Å². The maximum absolute atomic E-state index is 11.5. The summed E-state index contributed by atoms with van der Waals surface area (Å²) in [6.07, 6.45) is 1.37. The average Bonchev–Trinajstić information content (AvgIpc) is 2.62. The van der Waals surface area contributed by atoms with E-state index in [1.165, 1.54) is 13.3 Å². The molecule has 1 amide bonds. The minimum atomic E-state index is -0.634. The fraction of sp³-hybridized carbons (Fsp3) is 0.0588. The molecule has 0 saturated heterocycles. The van der Waals surface area contributed by atoms with Gasteiger partial charge in [-0.1, -0.05) is 11.6 Å². The minimum absolute atomic E-state index is 0.235. The van der Waals surface area contributed by atoms with Crippen molar-refractivity contribution in [3.05, 3.63) is 59.2 Å². The highest BCUT2D eigenvalue weighted by Crippen LogP contribution is 2.35. The Morgan fingerprint density at radius 1 is 1.17 bits per heavy atom. The standard InChI is InChI=1S/C17H13ClN2O4/c1-23-15-7-10-6-11(17(21)20-22)9-19-14(10)8-16(15)24-13-4-2-12(18)3-5-13/h2-9,22H,1H3,(H,20,21). The first-order chi connectivity index (χ1) is 11.6. The van der Waals surface area contributed by atoms with Crippen LogP contribution in [0.2, 0.25) is 5.02 Å². The molecule has 0 saturated carbocycles. The van der Waals surface area contributed by atoms with Gasteiger partial charge in [-0.25, -0.2) is 5.48 Å². The zero-order valence-electron chi connectivity index (χ0n) is 12.6. The number of nitrogens with zero attached hydrogens (tertiary/aromatic N) is 1. The first-order valence-corrected chi connectivity index (χ1v) is 7.34. The number of halogens is 1. The molecule has 0 aliphatic carbocycles. The van der Waals surface area contributed by atoms with Crippen molar-refractivity contribution < 1.29 is 19.5 Å². The minimum Gasteiger partial charge on any atom is -0.493 e. The van der Waals surface area contributed by atoms with Crippen LogP contribution in [0.15, 0.2) is 48.7 Å². The van der Waals surface area contributed by atoms with Crippen LogP contribution in [0.3, 0.4) is 0 Å². The van der Waals surface area contributed by atoms with Crippen LogP contribution in [-0.4, -0.2) is 23.2 Å². The molecule has 2 aromatic carbocycles. The van der Waals surface area contributed by atoms with Crippen LogP contribution in [0.4, 0.5) is 0 Å². The predicted octanol–water partition coefficient (Wildman–Crippen LogP) is 3.81. The summed E-state index contributed by atoms with van der Waals surface area (Å²) in [6, 6.07) is 12.0. The number of hydrogen-bond donors (Lipinski definition) is 2. The fourth-order valence-electron chi connectivity index (χ4n) is 2.19. The number of pyridine rings is 1. The Kier molecular flexibility index (Phi) is 4.50. The number of aromatic nitrogens is 1. The summed E-state index contributed by atoms with van der Waals surface area (Å²) in [5.41, 5.74) is 2.43. The number of ether oxygens (including phenoxy) is 2. The van der Waals surface area contributed by atoms with E-state index in [2.05, 4.69) is 4.98 Å². The molecule has 24 heavy (non-hydrogen) atoms. The number of methoxy groups -OCH3 is 1. The lowest BCUT2D eigenvalue weighted by atomic mass is 10.1. The van der Waals surface area contributed by atoms with Gasteiger partial charge in [0.15, 0.2) is 11.5 Å². The Balaban J connectivity index is 2.01. The number of hydroxylamine groups is 1. The van der Waals surface area contributed by atoms with Crippen LogP contribution in [0.1, 0.15) is 10.4 Å². The van der Waals surface area contributed by atoms with Gasteiger partial charge in [0.1, 0.15) is 5.75 Å². The summed E-state index contributed by atoms with van der Waals surface area (Å²) in [5, 5.41) is 10.00. The molecule has 0 unspecified atom stereocenters. The van der Waals surface area contributed by atoms with Crippen LogP contribution >= 0.6 is 11.6 Å². The van der Waals surface area contributed by atoms with Gasteiger partial charge in [0, 0.05) is 22.7 Å². The first-order valence-electron chi connectivity index (χ1n) is 6.96. The third kappa shape index (κ3) is 3.24. The Morgan fingerprint density at radius 2 is 1.92 bits per heavy atom. The molecule has 122 valence electrons. The summed E-state index contributed by atoms with van der Waals surface area (Å²) in [4.78, 5) is 15.7. The van der Waals surface area contributed by atoms with Crippen LogP contribution in [0.5, 0.6) is 17.2 Å². The van der Waals surface area contributed by atoms with E-state index in [4.69, 9.17) is 26.3 Å². The highest BCUT2D eigenvalue weighted by Gasteiger charge is 2.12. The average molecular weight is 345 g/mol. The number of amides is 1. The first kappa shape index (κ1) is 16.0. The molecular weight excluding hydrogens is 332 g/mol. The normalized spacial score (nSPS) is 10.5. The van der Waals surface area contributed by atoms with Crippen LogP contribution in [0, 0.1) is 0 Å². The molecule has 7 heteroatoms. The zero-order chi connectivity index (χ0) is 17.1. The third-order valence-electron chi connectivity index (χ3n) is 3.37. The monoisotopic (exact) mass is 344 g/mol. The molecule has 3 aromatic rings. The van der Waals surface area contributed by atoms with Gasteiger partial charge in [0.05, 0.1) is 18.2 Å². The van der Waals surface area contributed by atoms with Crippen LogP contribution in [0.25, 0.3) is 10.9 Å². The van der Waals surface area contributed by atoms with E-state index in [1.54, 1.807) is 47.9 Å². The van der Waals surface area contributed by atoms with Crippen molar-refractivity contribution in [3.8, 4) is 17.2 Å². The van der Waals surface area contributed by atoms with E-state index in [1.807, 2.05) is 0 Å². The molecule has 1 aromatic heterocycles. The second-order valence-corrected chi connectivity index (χ2v) is 5.35. The van der Waals surface area contributed by atoms with E-state index in [9.17, 15) is 4.79 Å². The van der Waals surface area contributed by atoms with Crippen LogP contribution < -0.4 is 15.0 Å². The van der Waals surface area contributed by atoms with Crippen molar-refractivity contribution in [1.82, 2.24) is 10.5 Å². The number of nitrogens with one attached hydrogen (secondary N) is 1. The molecule has 0 radical (unpaired) electrons. The maximum Gasteiger partial charge on any atom is 0.276 e. The lowest BCUT2D eigenvalue weighted by molar-refractivity contribution is 0.0706. The fourth-order valence-corrected chi connectivity index (χ4v) is 2.32. The molecule has 2 N–H and O–H groups in total. The number of hydrogen-bond acceptors (Lipinski definition) is 5. The lowest BCUT2D eigenvalue weighted by Gasteiger charge is -2.12. The summed E-state index contributed by atoms with van der Waals surface area (Å²) in [5.74, 6) is 0.943. The van der Waals surface area contributed by atoms with Gasteiger partial charge in [0.2, 0.25) is 0 Å². The highest BCUT2D eigenvalue weighted by atomic mass is 35.5. The smallest absolute Gasteiger partial charge is 0.276 e. The Hall–Kier alpha value is -2.83. The van der Waals surface area contributed by atoms with Gasteiger partial charge in [-0.05, 0) is 36.4 Å². The molecular formula is C17H13ClN2O4. The summed E-state index contributed by atoms with van der Waals surface area (Å²) in [6.45, 7) is 0. The van der Waals surface area contributed by atoms with Gasteiger partial charge in [-0.3, -0.25) is 15.0 Å². The number of fused-ring (bicyclic) bond motifs is 1. The Morgan fingerprint density at radius 3 is 2.58 bits per heavy atom. The van der Waals surface area contributed by atoms with Crippen molar-refractivity contribution >= 4 is 28.4 Å². The molecule has 0 aliphatic heterocycles. The Bertz CT molecular complexity index is 897. The number of carbonyl (C=O) groups excluding carboxylic acids is 1. The van der Waals surface area contributed by atoms with Crippen molar-refractivity contribution in [3.63, 3.8) is 0 Å². The van der Waals surface area contributed by atoms with E-state index in [-0.39, 0.29) is 5.56 Å². The van der Waals surface area contributed by atoms with Gasteiger partial charge in [-0.2, -0.15) is 0 Å². The number of carbonyl (C=O) groups is 1. The van der Waals surface area contributed by atoms with Crippen LogP contribution in [-0.2, 0) is 0 Å². The maximum atomic E-state index is 11.5. The third-order valence-corrected chi connectivity index (χ3v) is 3.62. The van der Waals surface area contributed by atoms with E-state index in [0.717, 1.165) is 0 Å². The van der Waals surface area contributed by atoms with E-state index in [0.29, 0.717) is 33.2 Å². The largest absolute Gasteiger partial charge is 0.493 e. The number of rotatable bonds is 4. The molecule has 0 bridgehead atoms. The van der Waals surface area contributed by atoms with Gasteiger partial charge >= 0.3 is 0 Å². The molecule has 0 aliphatic rings. The van der Waals surface area contributed by atoms with Gasteiger partial charge in [0.25, 0.3) is 5.91 Å². The quantitative estimate of drug-likeness (QED) is 0.555.